The van der Waals surface area contributed by atoms with E-state index in [-0.39, 0.29) is 17.2 Å². The number of alkyl halides is 3. The van der Waals surface area contributed by atoms with Gasteiger partial charge in [0.15, 0.2) is 5.75 Å². The minimum Gasteiger partial charge on any atom is -0.455 e. The molecule has 0 amide bonds. The van der Waals surface area contributed by atoms with Crippen LogP contribution in [0.4, 0.5) is 18.9 Å². The van der Waals surface area contributed by atoms with Gasteiger partial charge in [-0.25, -0.2) is 4.68 Å². The van der Waals surface area contributed by atoms with Crippen LogP contribution in [-0.2, 0) is 0 Å². The third kappa shape index (κ3) is 4.09. The Morgan fingerprint density at radius 2 is 1.85 bits per heavy atom. The maximum atomic E-state index is 12.3. The molecule has 2 aromatic carbocycles. The van der Waals surface area contributed by atoms with Gasteiger partial charge in [0.2, 0.25) is 0 Å². The molecule has 0 aliphatic heterocycles. The van der Waals surface area contributed by atoms with Crippen molar-refractivity contribution in [1.29, 1.82) is 0 Å². The van der Waals surface area contributed by atoms with Crippen LogP contribution in [0.25, 0.3) is 5.69 Å². The number of benzene rings is 2. The molecule has 0 unspecified atom stereocenters. The third-order valence-corrected chi connectivity index (χ3v) is 3.17. The first kappa shape index (κ1) is 17.3. The Morgan fingerprint density at radius 1 is 1.08 bits per heavy atom. The van der Waals surface area contributed by atoms with Crippen molar-refractivity contribution < 1.29 is 27.6 Å². The molecule has 0 aliphatic carbocycles. The van der Waals surface area contributed by atoms with Gasteiger partial charge in [-0.3, -0.25) is 10.1 Å². The summed E-state index contributed by atoms with van der Waals surface area (Å²) in [5, 5.41) is 15.0. The van der Waals surface area contributed by atoms with Crippen molar-refractivity contribution in [3.63, 3.8) is 0 Å². The zero-order chi connectivity index (χ0) is 18.7. The normalized spacial score (nSPS) is 11.2. The highest BCUT2D eigenvalue weighted by atomic mass is 19.4. The molecule has 1 heterocycles. The molecule has 0 spiro atoms. The number of halogens is 3. The van der Waals surface area contributed by atoms with Crippen molar-refractivity contribution in [3.05, 3.63) is 71.0 Å². The molecular weight excluding hydrogens is 355 g/mol. The van der Waals surface area contributed by atoms with Gasteiger partial charge in [0, 0.05) is 24.5 Å². The zero-order valence-electron chi connectivity index (χ0n) is 12.9. The van der Waals surface area contributed by atoms with Crippen LogP contribution in [0, 0.1) is 10.1 Å². The summed E-state index contributed by atoms with van der Waals surface area (Å²) in [7, 11) is 0. The molecule has 7 nitrogen and oxygen atoms in total. The average molecular weight is 365 g/mol. The molecule has 134 valence electrons. The summed E-state index contributed by atoms with van der Waals surface area (Å²) in [6.45, 7) is 0. The maximum Gasteiger partial charge on any atom is 0.573 e. The Bertz CT molecular complexity index is 927. The number of rotatable bonds is 5. The zero-order valence-corrected chi connectivity index (χ0v) is 12.9. The lowest BCUT2D eigenvalue weighted by Crippen LogP contribution is -2.17. The molecule has 0 N–H and O–H groups in total. The molecule has 10 heteroatoms. The highest BCUT2D eigenvalue weighted by Gasteiger charge is 2.31. The summed E-state index contributed by atoms with van der Waals surface area (Å²) >= 11 is 0. The Hall–Kier alpha value is -3.56. The van der Waals surface area contributed by atoms with E-state index in [0.717, 1.165) is 18.2 Å². The number of hydrogen-bond acceptors (Lipinski definition) is 5. The quantitative estimate of drug-likeness (QED) is 0.492. The second-order valence-corrected chi connectivity index (χ2v) is 4.98. The van der Waals surface area contributed by atoms with Gasteiger partial charge in [0.1, 0.15) is 17.2 Å². The first-order chi connectivity index (χ1) is 12.3. The van der Waals surface area contributed by atoms with Crippen LogP contribution in [0.1, 0.15) is 0 Å². The number of ether oxygens (including phenoxy) is 2. The third-order valence-electron chi connectivity index (χ3n) is 3.17. The van der Waals surface area contributed by atoms with Crippen molar-refractivity contribution in [2.24, 2.45) is 0 Å². The van der Waals surface area contributed by atoms with Crippen LogP contribution in [0.15, 0.2) is 60.9 Å². The lowest BCUT2D eigenvalue weighted by molar-refractivity contribution is -0.384. The molecule has 0 fully saturated rings. The predicted molar refractivity (Wildman–Crippen MR) is 83.4 cm³/mol. The van der Waals surface area contributed by atoms with E-state index < -0.39 is 17.0 Å². The summed E-state index contributed by atoms with van der Waals surface area (Å²) in [5.41, 5.74) is 0.140. The first-order valence-corrected chi connectivity index (χ1v) is 7.14. The number of non-ortho nitro benzene ring substituents is 1. The first-order valence-electron chi connectivity index (χ1n) is 7.14. The van der Waals surface area contributed by atoms with Crippen molar-refractivity contribution >= 4 is 5.69 Å². The van der Waals surface area contributed by atoms with Gasteiger partial charge in [-0.2, -0.15) is 5.10 Å². The molecule has 0 saturated carbocycles. The van der Waals surface area contributed by atoms with Crippen LogP contribution < -0.4 is 9.47 Å². The Labute approximate surface area is 144 Å². The topological polar surface area (TPSA) is 79.4 Å². The molecule has 1 aromatic heterocycles. The van der Waals surface area contributed by atoms with Crippen molar-refractivity contribution in [2.45, 2.75) is 6.36 Å². The van der Waals surface area contributed by atoms with Gasteiger partial charge in [-0.15, -0.1) is 13.2 Å². The predicted octanol–water partition coefficient (Wildman–Crippen LogP) is 4.47. The van der Waals surface area contributed by atoms with Gasteiger partial charge in [-0.1, -0.05) is 6.07 Å². The molecule has 0 aliphatic rings. The number of aromatic nitrogens is 2. The fourth-order valence-electron chi connectivity index (χ4n) is 2.16. The molecule has 0 atom stereocenters. The molecule has 0 bridgehead atoms. The van der Waals surface area contributed by atoms with E-state index in [0.29, 0.717) is 5.69 Å². The summed E-state index contributed by atoms with van der Waals surface area (Å²) in [6.07, 6.45) is -1.75. The van der Waals surface area contributed by atoms with Gasteiger partial charge >= 0.3 is 6.36 Å². The minimum atomic E-state index is -4.84. The monoisotopic (exact) mass is 365 g/mol. The van der Waals surface area contributed by atoms with Crippen molar-refractivity contribution in [2.75, 3.05) is 0 Å². The lowest BCUT2D eigenvalue weighted by atomic mass is 10.2. The summed E-state index contributed by atoms with van der Waals surface area (Å²) in [4.78, 5) is 10.4. The molecule has 0 saturated heterocycles. The van der Waals surface area contributed by atoms with Crippen LogP contribution in [0.3, 0.4) is 0 Å². The minimum absolute atomic E-state index is 0.0145. The van der Waals surface area contributed by atoms with Crippen molar-refractivity contribution in [1.82, 2.24) is 9.78 Å². The number of nitrogens with zero attached hydrogens (tertiary/aromatic N) is 3. The van der Waals surface area contributed by atoms with E-state index in [2.05, 4.69) is 9.84 Å². The largest absolute Gasteiger partial charge is 0.573 e. The van der Waals surface area contributed by atoms with E-state index in [1.54, 1.807) is 12.3 Å². The Balaban J connectivity index is 1.97. The maximum absolute atomic E-state index is 12.3. The second kappa shape index (κ2) is 6.75. The molecule has 3 aromatic rings. The van der Waals surface area contributed by atoms with Gasteiger partial charge in [0.05, 0.1) is 11.0 Å². The molecular formula is C16H10F3N3O4. The van der Waals surface area contributed by atoms with Crippen LogP contribution in [-0.4, -0.2) is 21.1 Å². The Morgan fingerprint density at radius 3 is 2.50 bits per heavy atom. The Kier molecular flexibility index (Phi) is 4.48. The van der Waals surface area contributed by atoms with Gasteiger partial charge in [-0.05, 0) is 24.3 Å². The number of hydrogen-bond donors (Lipinski definition) is 0. The van der Waals surface area contributed by atoms with Crippen LogP contribution >= 0.6 is 0 Å². The average Bonchev–Trinajstić information content (AvgIpc) is 3.07. The van der Waals surface area contributed by atoms with E-state index in [1.165, 1.54) is 35.1 Å². The smallest absolute Gasteiger partial charge is 0.455 e. The van der Waals surface area contributed by atoms with Crippen molar-refractivity contribution in [3.8, 4) is 22.9 Å². The summed E-state index contributed by atoms with van der Waals surface area (Å²) in [5.74, 6) is -0.409. The summed E-state index contributed by atoms with van der Waals surface area (Å²) in [6, 6.07) is 10.3. The second-order valence-electron chi connectivity index (χ2n) is 4.98. The van der Waals surface area contributed by atoms with Crippen LogP contribution in [0.2, 0.25) is 0 Å². The molecule has 3 rings (SSSR count). The molecule has 0 radical (unpaired) electrons. The van der Waals surface area contributed by atoms with E-state index in [1.807, 2.05) is 0 Å². The number of nitro benzene ring substituents is 1. The fourth-order valence-corrected chi connectivity index (χ4v) is 2.16. The van der Waals surface area contributed by atoms with E-state index in [9.17, 15) is 23.3 Å². The molecule has 26 heavy (non-hydrogen) atoms. The SMILES string of the molecule is O=[N+]([O-])c1ccc(-n2cccn2)c(Oc2cccc(OC(F)(F)F)c2)c1. The van der Waals surface area contributed by atoms with E-state index >= 15 is 0 Å². The highest BCUT2D eigenvalue weighted by molar-refractivity contribution is 5.54. The van der Waals surface area contributed by atoms with Crippen LogP contribution in [0.5, 0.6) is 17.2 Å². The van der Waals surface area contributed by atoms with Gasteiger partial charge in [0.25, 0.3) is 5.69 Å². The van der Waals surface area contributed by atoms with E-state index in [4.69, 9.17) is 4.74 Å². The fraction of sp³-hybridized carbons (Fsp3) is 0.0625. The summed E-state index contributed by atoms with van der Waals surface area (Å²) < 4.78 is 47.8. The standard InChI is InChI=1S/C16H10F3N3O4/c17-16(18,19)26-13-4-1-3-12(10-13)25-15-9-11(22(23)24)5-6-14(15)21-8-2-7-20-21/h1-10H. The highest BCUT2D eigenvalue weighted by Crippen LogP contribution is 2.34. The lowest BCUT2D eigenvalue weighted by Gasteiger charge is -2.13. The number of nitro groups is 1. The van der Waals surface area contributed by atoms with Gasteiger partial charge < -0.3 is 9.47 Å².